The Kier molecular flexibility index (Phi) is 5.29. The van der Waals surface area contributed by atoms with Gasteiger partial charge in [-0.05, 0) is 31.9 Å². The van der Waals surface area contributed by atoms with Gasteiger partial charge >= 0.3 is 0 Å². The lowest BCUT2D eigenvalue weighted by atomic mass is 9.87. The van der Waals surface area contributed by atoms with Gasteiger partial charge in [-0.2, -0.15) is 5.26 Å². The number of nitrogens with zero attached hydrogens (tertiary/aromatic N) is 1. The van der Waals surface area contributed by atoms with Crippen LogP contribution in [0.1, 0.15) is 55.6 Å². The Morgan fingerprint density at radius 2 is 2.00 bits per heavy atom. The van der Waals surface area contributed by atoms with E-state index in [2.05, 4.69) is 68.3 Å². The Labute approximate surface area is 156 Å². The summed E-state index contributed by atoms with van der Waals surface area (Å²) in [5, 5.41) is 13.4. The van der Waals surface area contributed by atoms with Crippen molar-refractivity contribution < 1.29 is 9.72 Å². The summed E-state index contributed by atoms with van der Waals surface area (Å²) >= 11 is 0. The van der Waals surface area contributed by atoms with E-state index in [-0.39, 0.29) is 11.6 Å². The Balaban J connectivity index is 1.93. The molecule has 4 nitrogen and oxygen atoms in total. The van der Waals surface area contributed by atoms with Crippen molar-refractivity contribution in [3.8, 4) is 6.07 Å². The number of ether oxygens (including phenoxy) is 1. The summed E-state index contributed by atoms with van der Waals surface area (Å²) < 4.78 is 5.98. The highest BCUT2D eigenvalue weighted by atomic mass is 16.5. The average Bonchev–Trinajstić information content (AvgIpc) is 2.60. The largest absolute Gasteiger partial charge is 0.370 e. The summed E-state index contributed by atoms with van der Waals surface area (Å²) in [5.74, 6) is 0.837. The number of aromatic nitrogens is 1. The first-order chi connectivity index (χ1) is 12.4. The van der Waals surface area contributed by atoms with E-state index in [0.29, 0.717) is 6.61 Å². The van der Waals surface area contributed by atoms with Gasteiger partial charge in [0, 0.05) is 24.8 Å². The fourth-order valence-electron chi connectivity index (χ4n) is 3.68. The zero-order valence-electron chi connectivity index (χ0n) is 16.1. The number of benzene rings is 1. The quantitative estimate of drug-likeness (QED) is 0.891. The predicted molar refractivity (Wildman–Crippen MR) is 103 cm³/mol. The van der Waals surface area contributed by atoms with Gasteiger partial charge in [0.15, 0.2) is 0 Å². The van der Waals surface area contributed by atoms with Crippen LogP contribution in [0.25, 0.3) is 0 Å². The lowest BCUT2D eigenvalue weighted by molar-refractivity contribution is -0.375. The number of aryl methyl sites for hydroxylation is 1. The Bertz CT molecular complexity index is 822. The monoisotopic (exact) mass is 350 g/mol. The number of nitrogens with one attached hydrogen (secondary N) is 2. The van der Waals surface area contributed by atoms with Gasteiger partial charge in [-0.25, -0.2) is 4.98 Å². The molecule has 0 aliphatic carbocycles. The van der Waals surface area contributed by atoms with Crippen LogP contribution in [-0.4, -0.2) is 11.6 Å². The second kappa shape index (κ2) is 7.47. The number of aromatic amines is 1. The van der Waals surface area contributed by atoms with Crippen molar-refractivity contribution in [2.75, 3.05) is 5.32 Å². The van der Waals surface area contributed by atoms with Gasteiger partial charge in [-0.1, -0.05) is 37.3 Å². The molecule has 2 heterocycles. The van der Waals surface area contributed by atoms with Gasteiger partial charge < -0.3 is 4.74 Å². The van der Waals surface area contributed by atoms with Crippen LogP contribution in [-0.2, 0) is 30.6 Å². The van der Waals surface area contributed by atoms with Crippen molar-refractivity contribution in [2.45, 2.75) is 65.2 Å². The Hall–Kier alpha value is -2.38. The molecule has 4 heteroatoms. The molecule has 26 heavy (non-hydrogen) atoms. The minimum absolute atomic E-state index is 0.219. The number of rotatable bonds is 5. The third-order valence-corrected chi connectivity index (χ3v) is 5.01. The normalized spacial score (nSPS) is 16.4. The van der Waals surface area contributed by atoms with Crippen molar-refractivity contribution in [2.24, 2.45) is 0 Å². The molecule has 0 fully saturated rings. The van der Waals surface area contributed by atoms with Crippen LogP contribution < -0.4 is 10.3 Å². The van der Waals surface area contributed by atoms with E-state index in [1.54, 1.807) is 0 Å². The number of nitriles is 1. The summed E-state index contributed by atoms with van der Waals surface area (Å²) in [6.45, 7) is 9.03. The van der Waals surface area contributed by atoms with E-state index in [4.69, 9.17) is 4.74 Å². The highest BCUT2D eigenvalue weighted by Crippen LogP contribution is 2.33. The molecule has 2 N–H and O–H groups in total. The molecule has 1 aliphatic rings. The number of hydrogen-bond donors (Lipinski definition) is 1. The molecule has 0 saturated heterocycles. The predicted octanol–water partition coefficient (Wildman–Crippen LogP) is 3.83. The van der Waals surface area contributed by atoms with Crippen molar-refractivity contribution in [1.82, 2.24) is 0 Å². The number of fused-ring (bicyclic) bond motifs is 1. The first kappa shape index (κ1) is 18.4. The maximum atomic E-state index is 9.86. The molecule has 0 saturated carbocycles. The molecule has 0 unspecified atom stereocenters. The molecule has 0 spiro atoms. The smallest absolute Gasteiger partial charge is 0.291 e. The van der Waals surface area contributed by atoms with Crippen molar-refractivity contribution in [1.29, 1.82) is 5.26 Å². The van der Waals surface area contributed by atoms with Gasteiger partial charge in [-0.3, -0.25) is 5.32 Å². The summed E-state index contributed by atoms with van der Waals surface area (Å²) in [6, 6.07) is 13.1. The number of hydrogen-bond acceptors (Lipinski definition) is 3. The van der Waals surface area contributed by atoms with Crippen LogP contribution in [0.5, 0.6) is 0 Å². The second-order valence-corrected chi connectivity index (χ2v) is 7.74. The fourth-order valence-corrected chi connectivity index (χ4v) is 3.68. The van der Waals surface area contributed by atoms with Crippen LogP contribution in [0.2, 0.25) is 0 Å². The first-order valence-corrected chi connectivity index (χ1v) is 9.38. The van der Waals surface area contributed by atoms with Gasteiger partial charge in [0.05, 0.1) is 18.2 Å². The molecule has 2 aromatic rings. The topological polar surface area (TPSA) is 59.2 Å². The summed E-state index contributed by atoms with van der Waals surface area (Å²) in [7, 11) is 0. The van der Waals surface area contributed by atoms with Crippen LogP contribution in [0.15, 0.2) is 30.3 Å². The van der Waals surface area contributed by atoms with Gasteiger partial charge in [0.25, 0.3) is 5.82 Å². The lowest BCUT2D eigenvalue weighted by Gasteiger charge is -2.32. The van der Waals surface area contributed by atoms with Crippen LogP contribution >= 0.6 is 0 Å². The van der Waals surface area contributed by atoms with E-state index in [9.17, 15) is 5.26 Å². The molecule has 3 rings (SSSR count). The summed E-state index contributed by atoms with van der Waals surface area (Å²) in [4.78, 5) is 3.47. The van der Waals surface area contributed by atoms with Crippen molar-refractivity contribution in [3.63, 3.8) is 0 Å². The SMILES string of the molecule is CCc1[nH+]c(N[C@H](C)Cc2ccccc2)c(C#N)c2c1COC(C)(C)C2. The molecule has 1 aliphatic heterocycles. The van der Waals surface area contributed by atoms with E-state index in [1.165, 1.54) is 5.56 Å². The molecule has 0 radical (unpaired) electrons. The van der Waals surface area contributed by atoms with Crippen molar-refractivity contribution in [3.05, 3.63) is 58.3 Å². The second-order valence-electron chi connectivity index (χ2n) is 7.74. The zero-order valence-corrected chi connectivity index (χ0v) is 16.1. The molecular weight excluding hydrogens is 322 g/mol. The summed E-state index contributed by atoms with van der Waals surface area (Å²) in [5.41, 5.74) is 5.22. The Morgan fingerprint density at radius 3 is 2.65 bits per heavy atom. The number of pyridine rings is 1. The van der Waals surface area contributed by atoms with E-state index >= 15 is 0 Å². The van der Waals surface area contributed by atoms with Crippen LogP contribution in [0.4, 0.5) is 5.82 Å². The first-order valence-electron chi connectivity index (χ1n) is 9.38. The molecule has 136 valence electrons. The molecule has 0 bridgehead atoms. The maximum Gasteiger partial charge on any atom is 0.291 e. The Morgan fingerprint density at radius 1 is 1.27 bits per heavy atom. The fraction of sp³-hybridized carbons (Fsp3) is 0.455. The molecule has 1 atom stereocenters. The lowest BCUT2D eigenvalue weighted by Crippen LogP contribution is -2.36. The number of anilines is 1. The van der Waals surface area contributed by atoms with E-state index in [0.717, 1.165) is 47.5 Å². The third-order valence-electron chi connectivity index (χ3n) is 5.01. The minimum atomic E-state index is -0.238. The van der Waals surface area contributed by atoms with Crippen molar-refractivity contribution >= 4 is 5.82 Å². The van der Waals surface area contributed by atoms with Gasteiger partial charge in [0.2, 0.25) is 0 Å². The van der Waals surface area contributed by atoms with Crippen LogP contribution in [0, 0.1) is 11.3 Å². The van der Waals surface area contributed by atoms with Gasteiger partial charge in [-0.15, -0.1) is 0 Å². The third kappa shape index (κ3) is 3.89. The number of H-pyrrole nitrogens is 1. The summed E-state index contributed by atoms with van der Waals surface area (Å²) in [6.07, 6.45) is 2.56. The highest BCUT2D eigenvalue weighted by Gasteiger charge is 2.33. The molecular formula is C22H28N3O+. The standard InChI is InChI=1S/C22H27N3O/c1-5-20-19-14-26-22(3,4)12-17(19)18(13-23)21(25-20)24-15(2)11-16-9-7-6-8-10-16/h6-10,15H,5,11-12,14H2,1-4H3,(H,24,25)/p+1/t15-/m1/s1. The van der Waals surface area contributed by atoms with E-state index in [1.807, 2.05) is 6.07 Å². The molecule has 1 aromatic carbocycles. The average molecular weight is 350 g/mol. The van der Waals surface area contributed by atoms with Crippen LogP contribution in [0.3, 0.4) is 0 Å². The molecule has 0 amide bonds. The van der Waals surface area contributed by atoms with Gasteiger partial charge in [0.1, 0.15) is 17.3 Å². The molecule has 1 aromatic heterocycles. The maximum absolute atomic E-state index is 9.86. The van der Waals surface area contributed by atoms with E-state index < -0.39 is 0 Å². The highest BCUT2D eigenvalue weighted by molar-refractivity contribution is 5.57. The zero-order chi connectivity index (χ0) is 18.7. The minimum Gasteiger partial charge on any atom is -0.370 e.